The second kappa shape index (κ2) is 6.62. The van der Waals surface area contributed by atoms with Gasteiger partial charge in [-0.05, 0) is 31.2 Å². The number of aromatic nitrogens is 6. The fraction of sp³-hybridized carbons (Fsp3) is 0.0476. The van der Waals surface area contributed by atoms with E-state index in [1.54, 1.807) is 10.7 Å². The molecule has 28 heavy (non-hydrogen) atoms. The number of nitrogens with zero attached hydrogens (tertiary/aromatic N) is 6. The van der Waals surface area contributed by atoms with Crippen LogP contribution in [0.2, 0.25) is 0 Å². The summed E-state index contributed by atoms with van der Waals surface area (Å²) in [6.07, 6.45) is 1.80. The average Bonchev–Trinajstić information content (AvgIpc) is 3.33. The van der Waals surface area contributed by atoms with E-state index in [-0.39, 0.29) is 0 Å². The quantitative estimate of drug-likeness (QED) is 0.519. The molecule has 1 N–H and O–H groups in total. The summed E-state index contributed by atoms with van der Waals surface area (Å²) in [7, 11) is 0. The summed E-state index contributed by atoms with van der Waals surface area (Å²) in [4.78, 5) is 0. The van der Waals surface area contributed by atoms with Crippen molar-refractivity contribution in [1.29, 1.82) is 0 Å². The summed E-state index contributed by atoms with van der Waals surface area (Å²) in [6, 6.07) is 23.7. The Hall–Kier alpha value is -4.00. The minimum atomic E-state index is 0.695. The number of fused-ring (bicyclic) bond motifs is 1. The highest BCUT2D eigenvalue weighted by molar-refractivity contribution is 5.62. The van der Waals surface area contributed by atoms with Gasteiger partial charge in [-0.25, -0.2) is 4.68 Å². The van der Waals surface area contributed by atoms with Gasteiger partial charge in [-0.1, -0.05) is 48.5 Å². The second-order valence-corrected chi connectivity index (χ2v) is 6.39. The lowest BCUT2D eigenvalue weighted by Crippen LogP contribution is -2.02. The van der Waals surface area contributed by atoms with Crippen molar-refractivity contribution in [3.05, 3.63) is 84.7 Å². The molecule has 0 saturated heterocycles. The van der Waals surface area contributed by atoms with E-state index in [1.807, 2.05) is 84.4 Å². The maximum atomic E-state index is 4.67. The summed E-state index contributed by atoms with van der Waals surface area (Å²) in [5.41, 5.74) is 4.57. The maximum Gasteiger partial charge on any atom is 0.185 e. The minimum Gasteiger partial charge on any atom is -0.336 e. The monoisotopic (exact) mass is 367 g/mol. The Morgan fingerprint density at radius 3 is 2.36 bits per heavy atom. The van der Waals surface area contributed by atoms with E-state index in [9.17, 15) is 0 Å². The topological polar surface area (TPSA) is 72.9 Å². The number of anilines is 2. The molecule has 0 amide bonds. The molecule has 0 atom stereocenters. The van der Waals surface area contributed by atoms with Gasteiger partial charge in [0.25, 0.3) is 0 Å². The van der Waals surface area contributed by atoms with Crippen LogP contribution in [0.25, 0.3) is 22.7 Å². The molecule has 7 nitrogen and oxygen atoms in total. The Balaban J connectivity index is 1.50. The highest BCUT2D eigenvalue weighted by Gasteiger charge is 2.12. The lowest BCUT2D eigenvalue weighted by Gasteiger charge is -2.07. The van der Waals surface area contributed by atoms with Crippen LogP contribution in [0.4, 0.5) is 11.5 Å². The summed E-state index contributed by atoms with van der Waals surface area (Å²) in [5, 5.41) is 21.0. The molecule has 0 aliphatic carbocycles. The molecule has 0 aliphatic rings. The highest BCUT2D eigenvalue weighted by Crippen LogP contribution is 2.23. The zero-order chi connectivity index (χ0) is 18.9. The Morgan fingerprint density at radius 2 is 1.57 bits per heavy atom. The average molecular weight is 367 g/mol. The lowest BCUT2D eigenvalue weighted by atomic mass is 10.2. The van der Waals surface area contributed by atoms with Crippen LogP contribution in [0, 0.1) is 6.92 Å². The van der Waals surface area contributed by atoms with Crippen LogP contribution in [-0.2, 0) is 0 Å². The third-order valence-electron chi connectivity index (χ3n) is 4.57. The molecular weight excluding hydrogens is 350 g/mol. The molecule has 3 aromatic heterocycles. The van der Waals surface area contributed by atoms with Crippen LogP contribution < -0.4 is 5.32 Å². The second-order valence-electron chi connectivity index (χ2n) is 6.39. The van der Waals surface area contributed by atoms with Gasteiger partial charge < -0.3 is 5.32 Å². The third-order valence-corrected chi connectivity index (χ3v) is 4.57. The Bertz CT molecular complexity index is 1240. The van der Waals surface area contributed by atoms with Crippen molar-refractivity contribution < 1.29 is 0 Å². The van der Waals surface area contributed by atoms with Crippen molar-refractivity contribution in [2.24, 2.45) is 0 Å². The van der Waals surface area contributed by atoms with Gasteiger partial charge in [0.05, 0.1) is 23.3 Å². The molecule has 0 aliphatic heterocycles. The van der Waals surface area contributed by atoms with Gasteiger partial charge in [0.1, 0.15) is 0 Å². The van der Waals surface area contributed by atoms with Gasteiger partial charge in [-0.3, -0.25) is 0 Å². The van der Waals surface area contributed by atoms with E-state index in [4.69, 9.17) is 0 Å². The van der Waals surface area contributed by atoms with Gasteiger partial charge in [0.15, 0.2) is 17.3 Å². The fourth-order valence-corrected chi connectivity index (χ4v) is 3.12. The zero-order valence-electron chi connectivity index (χ0n) is 15.2. The van der Waals surface area contributed by atoms with Crippen molar-refractivity contribution in [3.63, 3.8) is 0 Å². The van der Waals surface area contributed by atoms with Crippen LogP contribution in [-0.4, -0.2) is 29.6 Å². The third kappa shape index (κ3) is 2.79. The van der Waals surface area contributed by atoms with Gasteiger partial charge in [-0.15, -0.1) is 15.3 Å². The molecular formula is C21H17N7. The predicted octanol–water partition coefficient (Wildman–Crippen LogP) is 4.03. The predicted molar refractivity (Wildman–Crippen MR) is 108 cm³/mol. The Kier molecular flexibility index (Phi) is 3.83. The Labute approximate surface area is 161 Å². The van der Waals surface area contributed by atoms with Gasteiger partial charge in [-0.2, -0.15) is 9.61 Å². The van der Waals surface area contributed by atoms with Crippen molar-refractivity contribution in [2.45, 2.75) is 6.92 Å². The molecule has 7 heteroatoms. The van der Waals surface area contributed by atoms with Crippen LogP contribution in [0.1, 0.15) is 5.69 Å². The fourth-order valence-electron chi connectivity index (χ4n) is 3.12. The van der Waals surface area contributed by atoms with Crippen molar-refractivity contribution in [3.8, 4) is 17.1 Å². The molecule has 2 aromatic carbocycles. The largest absolute Gasteiger partial charge is 0.336 e. The smallest absolute Gasteiger partial charge is 0.185 e. The first-order valence-corrected chi connectivity index (χ1v) is 8.94. The highest BCUT2D eigenvalue weighted by atomic mass is 15.4. The number of hydrogen-bond acceptors (Lipinski definition) is 5. The molecule has 0 bridgehead atoms. The van der Waals surface area contributed by atoms with Crippen LogP contribution in [0.15, 0.2) is 79.0 Å². The number of hydrogen-bond donors (Lipinski definition) is 1. The minimum absolute atomic E-state index is 0.695. The van der Waals surface area contributed by atoms with Crippen molar-refractivity contribution >= 4 is 17.2 Å². The van der Waals surface area contributed by atoms with Gasteiger partial charge >= 0.3 is 0 Å². The van der Waals surface area contributed by atoms with Gasteiger partial charge in [0, 0.05) is 5.56 Å². The van der Waals surface area contributed by atoms with Crippen molar-refractivity contribution in [1.82, 2.24) is 29.6 Å². The first kappa shape index (κ1) is 16.2. The summed E-state index contributed by atoms with van der Waals surface area (Å²) < 4.78 is 3.64. The lowest BCUT2D eigenvalue weighted by molar-refractivity contribution is 0.847. The van der Waals surface area contributed by atoms with E-state index < -0.39 is 0 Å². The van der Waals surface area contributed by atoms with Crippen LogP contribution >= 0.6 is 0 Å². The number of para-hydroxylation sites is 1. The molecule has 5 rings (SSSR count). The molecule has 0 radical (unpaired) electrons. The molecule has 0 spiro atoms. The van der Waals surface area contributed by atoms with Crippen LogP contribution in [0.5, 0.6) is 0 Å². The van der Waals surface area contributed by atoms with E-state index in [1.165, 1.54) is 0 Å². The van der Waals surface area contributed by atoms with E-state index >= 15 is 0 Å². The summed E-state index contributed by atoms with van der Waals surface area (Å²) in [5.74, 6) is 1.40. The SMILES string of the molecule is Cc1c(Nc2ccc3nnc(-c4ccccc4)n3n2)cnn1-c1ccccc1. The van der Waals surface area contributed by atoms with E-state index in [2.05, 4.69) is 25.7 Å². The zero-order valence-corrected chi connectivity index (χ0v) is 15.2. The van der Waals surface area contributed by atoms with E-state index in [0.29, 0.717) is 17.3 Å². The van der Waals surface area contributed by atoms with Gasteiger partial charge in [0.2, 0.25) is 0 Å². The number of benzene rings is 2. The maximum absolute atomic E-state index is 4.67. The summed E-state index contributed by atoms with van der Waals surface area (Å²) in [6.45, 7) is 2.02. The van der Waals surface area contributed by atoms with Crippen molar-refractivity contribution in [2.75, 3.05) is 5.32 Å². The standard InChI is InChI=1S/C21H17N7/c1-15-18(14-22-27(15)17-10-6-3-7-11-17)23-19-12-13-20-24-25-21(28(20)26-19)16-8-4-2-5-9-16/h2-14H,1H3,(H,23,26). The normalized spacial score (nSPS) is 11.0. The van der Waals surface area contributed by atoms with Crippen LogP contribution in [0.3, 0.4) is 0 Å². The number of rotatable bonds is 4. The first-order valence-electron chi connectivity index (χ1n) is 8.94. The molecule has 0 unspecified atom stereocenters. The molecule has 5 aromatic rings. The first-order chi connectivity index (χ1) is 13.8. The molecule has 0 fully saturated rings. The number of nitrogens with one attached hydrogen (secondary N) is 1. The molecule has 0 saturated carbocycles. The summed E-state index contributed by atoms with van der Waals surface area (Å²) >= 11 is 0. The molecule has 136 valence electrons. The van der Waals surface area contributed by atoms with E-state index in [0.717, 1.165) is 22.6 Å². The Morgan fingerprint density at radius 1 is 0.821 bits per heavy atom. The molecule has 3 heterocycles.